The molecule has 0 aliphatic carbocycles. The summed E-state index contributed by atoms with van der Waals surface area (Å²) in [5, 5.41) is 0. The van der Waals surface area contributed by atoms with Crippen molar-refractivity contribution in [3.05, 3.63) is 102 Å². The van der Waals surface area contributed by atoms with Crippen LogP contribution in [0.15, 0.2) is 91.0 Å². The van der Waals surface area contributed by atoms with Gasteiger partial charge >= 0.3 is 0 Å². The second-order valence-corrected chi connectivity index (χ2v) is 5.27. The lowest BCUT2D eigenvalue weighted by Crippen LogP contribution is -2.14. The molecule has 0 N–H and O–H groups in total. The maximum Gasteiger partial charge on any atom is 0.196 e. The minimum absolute atomic E-state index is 0.0145. The van der Waals surface area contributed by atoms with Crippen molar-refractivity contribution in [1.82, 2.24) is 0 Å². The first-order chi connectivity index (χ1) is 12.3. The van der Waals surface area contributed by atoms with E-state index in [4.69, 9.17) is 9.47 Å². The molecule has 128 valence electrons. The molecule has 1 unspecified atom stereocenters. The Hall–Kier alpha value is -2.91. The minimum Gasteiger partial charge on any atom is -0.497 e. The molecule has 0 fully saturated rings. The molecule has 0 saturated carbocycles. The molecule has 0 spiro atoms. The van der Waals surface area contributed by atoms with Gasteiger partial charge in [0.1, 0.15) is 11.9 Å². The quantitative estimate of drug-likeness (QED) is 0.619. The van der Waals surface area contributed by atoms with E-state index in [2.05, 4.69) is 0 Å². The SMILES string of the molecule is COC(C(=O)c1ccccc1)c1ccccc1.COc1ccccc1. The van der Waals surface area contributed by atoms with Gasteiger partial charge in [-0.25, -0.2) is 0 Å². The molecular formula is C22H22O3. The van der Waals surface area contributed by atoms with Crippen molar-refractivity contribution in [3.8, 4) is 5.75 Å². The van der Waals surface area contributed by atoms with Gasteiger partial charge in [-0.15, -0.1) is 0 Å². The third kappa shape index (κ3) is 5.59. The summed E-state index contributed by atoms with van der Waals surface area (Å²) >= 11 is 0. The molecule has 25 heavy (non-hydrogen) atoms. The second kappa shape index (κ2) is 10.1. The Morgan fingerprint density at radius 1 is 0.720 bits per heavy atom. The Balaban J connectivity index is 0.000000236. The normalized spacial score (nSPS) is 11.0. The Kier molecular flexibility index (Phi) is 7.41. The fraction of sp³-hybridized carbons (Fsp3) is 0.136. The average Bonchev–Trinajstić information content (AvgIpc) is 2.71. The Labute approximate surface area is 148 Å². The molecule has 3 heteroatoms. The van der Waals surface area contributed by atoms with Crippen LogP contribution in [0.5, 0.6) is 5.75 Å². The molecule has 0 aliphatic heterocycles. The van der Waals surface area contributed by atoms with Crippen LogP contribution in [0.1, 0.15) is 22.0 Å². The van der Waals surface area contributed by atoms with Crippen LogP contribution < -0.4 is 4.74 Å². The van der Waals surface area contributed by atoms with Gasteiger partial charge in [0.2, 0.25) is 0 Å². The molecule has 0 heterocycles. The topological polar surface area (TPSA) is 35.5 Å². The number of ether oxygens (including phenoxy) is 2. The maximum atomic E-state index is 12.3. The van der Waals surface area contributed by atoms with Crippen molar-refractivity contribution in [2.24, 2.45) is 0 Å². The van der Waals surface area contributed by atoms with Crippen molar-refractivity contribution in [1.29, 1.82) is 0 Å². The van der Waals surface area contributed by atoms with E-state index < -0.39 is 6.10 Å². The van der Waals surface area contributed by atoms with Crippen LogP contribution in [-0.4, -0.2) is 20.0 Å². The first-order valence-electron chi connectivity index (χ1n) is 8.02. The average molecular weight is 334 g/mol. The van der Waals surface area contributed by atoms with Gasteiger partial charge in [0.15, 0.2) is 5.78 Å². The number of benzene rings is 3. The van der Waals surface area contributed by atoms with Crippen LogP contribution in [0.2, 0.25) is 0 Å². The van der Waals surface area contributed by atoms with Gasteiger partial charge in [-0.2, -0.15) is 0 Å². The van der Waals surface area contributed by atoms with Crippen LogP contribution in [-0.2, 0) is 4.74 Å². The molecular weight excluding hydrogens is 312 g/mol. The van der Waals surface area contributed by atoms with Crippen LogP contribution in [0, 0.1) is 0 Å². The van der Waals surface area contributed by atoms with E-state index in [1.807, 2.05) is 78.9 Å². The number of Topliss-reactive ketones (excluding diaryl/α,β-unsaturated/α-hetero) is 1. The summed E-state index contributed by atoms with van der Waals surface area (Å²) in [6.07, 6.45) is -0.529. The highest BCUT2D eigenvalue weighted by atomic mass is 16.5. The molecule has 3 aromatic rings. The zero-order valence-corrected chi connectivity index (χ0v) is 14.5. The van der Waals surface area contributed by atoms with Gasteiger partial charge < -0.3 is 9.47 Å². The first kappa shape index (κ1) is 18.4. The molecule has 0 amide bonds. The molecule has 3 rings (SSSR count). The number of carbonyl (C=O) groups excluding carboxylic acids is 1. The summed E-state index contributed by atoms with van der Waals surface area (Å²) in [5.41, 5.74) is 1.55. The maximum absolute atomic E-state index is 12.3. The fourth-order valence-electron chi connectivity index (χ4n) is 2.33. The number of hydrogen-bond donors (Lipinski definition) is 0. The molecule has 1 atom stereocenters. The van der Waals surface area contributed by atoms with Gasteiger partial charge in [0, 0.05) is 12.7 Å². The third-order valence-corrected chi connectivity index (χ3v) is 3.61. The number of para-hydroxylation sites is 1. The third-order valence-electron chi connectivity index (χ3n) is 3.61. The van der Waals surface area contributed by atoms with Crippen LogP contribution in [0.25, 0.3) is 0 Å². The molecule has 0 radical (unpaired) electrons. The van der Waals surface area contributed by atoms with E-state index in [0.29, 0.717) is 5.56 Å². The van der Waals surface area contributed by atoms with Crippen LogP contribution in [0.3, 0.4) is 0 Å². The highest BCUT2D eigenvalue weighted by Crippen LogP contribution is 2.21. The number of ketones is 1. The summed E-state index contributed by atoms with van der Waals surface area (Å²) in [6.45, 7) is 0. The first-order valence-corrected chi connectivity index (χ1v) is 8.02. The van der Waals surface area contributed by atoms with Crippen molar-refractivity contribution < 1.29 is 14.3 Å². The molecule has 0 bridgehead atoms. The van der Waals surface area contributed by atoms with Gasteiger partial charge in [0.25, 0.3) is 0 Å². The highest BCUT2D eigenvalue weighted by Gasteiger charge is 2.20. The van der Waals surface area contributed by atoms with E-state index in [1.165, 1.54) is 0 Å². The predicted molar refractivity (Wildman–Crippen MR) is 100.0 cm³/mol. The highest BCUT2D eigenvalue weighted by molar-refractivity contribution is 6.00. The number of methoxy groups -OCH3 is 2. The summed E-state index contributed by atoms with van der Waals surface area (Å²) < 4.78 is 10.2. The summed E-state index contributed by atoms with van der Waals surface area (Å²) in [7, 11) is 3.22. The van der Waals surface area contributed by atoms with E-state index in [-0.39, 0.29) is 5.78 Å². The van der Waals surface area contributed by atoms with Crippen molar-refractivity contribution in [2.45, 2.75) is 6.10 Å². The molecule has 0 aliphatic rings. The molecule has 3 aromatic carbocycles. The van der Waals surface area contributed by atoms with Gasteiger partial charge in [-0.3, -0.25) is 4.79 Å². The smallest absolute Gasteiger partial charge is 0.196 e. The summed E-state index contributed by atoms with van der Waals surface area (Å²) in [4.78, 5) is 12.3. The second-order valence-electron chi connectivity index (χ2n) is 5.27. The number of hydrogen-bond acceptors (Lipinski definition) is 3. The number of carbonyl (C=O) groups is 1. The standard InChI is InChI=1S/C15H14O2.C7H8O/c1-17-15(13-10-6-3-7-11-13)14(16)12-8-4-2-5-9-12;1-8-7-5-3-2-4-6-7/h2-11,15H,1H3;2-6H,1H3. The Morgan fingerprint density at radius 3 is 1.64 bits per heavy atom. The Bertz CT molecular complexity index is 740. The predicted octanol–water partition coefficient (Wildman–Crippen LogP) is 4.95. The zero-order valence-electron chi connectivity index (χ0n) is 14.5. The lowest BCUT2D eigenvalue weighted by molar-refractivity contribution is 0.0604. The van der Waals surface area contributed by atoms with Crippen LogP contribution >= 0.6 is 0 Å². The van der Waals surface area contributed by atoms with Crippen molar-refractivity contribution in [2.75, 3.05) is 14.2 Å². The summed E-state index contributed by atoms with van der Waals surface area (Å²) in [5.74, 6) is 0.895. The molecule has 3 nitrogen and oxygen atoms in total. The van der Waals surface area contributed by atoms with Gasteiger partial charge in [0.05, 0.1) is 7.11 Å². The van der Waals surface area contributed by atoms with E-state index in [1.54, 1.807) is 26.4 Å². The van der Waals surface area contributed by atoms with E-state index in [0.717, 1.165) is 11.3 Å². The lowest BCUT2D eigenvalue weighted by Gasteiger charge is -2.14. The van der Waals surface area contributed by atoms with E-state index in [9.17, 15) is 4.79 Å². The largest absolute Gasteiger partial charge is 0.497 e. The monoisotopic (exact) mass is 334 g/mol. The molecule has 0 aromatic heterocycles. The summed E-state index contributed by atoms with van der Waals surface area (Å²) in [6, 6.07) is 28.4. The van der Waals surface area contributed by atoms with Gasteiger partial charge in [-0.05, 0) is 17.7 Å². The minimum atomic E-state index is -0.529. The van der Waals surface area contributed by atoms with Crippen molar-refractivity contribution >= 4 is 5.78 Å². The lowest BCUT2D eigenvalue weighted by atomic mass is 10.00. The Morgan fingerprint density at radius 2 is 1.20 bits per heavy atom. The number of rotatable bonds is 5. The van der Waals surface area contributed by atoms with Gasteiger partial charge in [-0.1, -0.05) is 78.9 Å². The molecule has 0 saturated heterocycles. The van der Waals surface area contributed by atoms with E-state index >= 15 is 0 Å². The fourth-order valence-corrected chi connectivity index (χ4v) is 2.33. The van der Waals surface area contributed by atoms with Crippen LogP contribution in [0.4, 0.5) is 0 Å². The zero-order chi connectivity index (χ0) is 17.9. The van der Waals surface area contributed by atoms with Crippen molar-refractivity contribution in [3.63, 3.8) is 0 Å².